The van der Waals surface area contributed by atoms with Crippen molar-refractivity contribution in [1.29, 1.82) is 0 Å². The Morgan fingerprint density at radius 1 is 1.12 bits per heavy atom. The van der Waals surface area contributed by atoms with Gasteiger partial charge in [-0.05, 0) is 60.6 Å². The van der Waals surface area contributed by atoms with E-state index in [1.165, 1.54) is 12.8 Å². The number of carbonyl (C=O) groups excluding carboxylic acids is 1. The molecule has 4 rings (SSSR count). The van der Waals surface area contributed by atoms with E-state index in [0.29, 0.717) is 30.4 Å². The van der Waals surface area contributed by atoms with Crippen molar-refractivity contribution in [3.63, 3.8) is 0 Å². The van der Waals surface area contributed by atoms with Gasteiger partial charge in [-0.1, -0.05) is 18.2 Å². The number of ether oxygens (including phenoxy) is 1. The van der Waals surface area contributed by atoms with Crippen LogP contribution in [0, 0.1) is 5.92 Å². The smallest absolute Gasteiger partial charge is 0.248 e. The average Bonchev–Trinajstić information content (AvgIpc) is 3.44. The summed E-state index contributed by atoms with van der Waals surface area (Å²) in [7, 11) is 0. The number of nitrogens with two attached hydrogens (primary N) is 2. The number of fused-ring (bicyclic) bond motifs is 1. The SMILES string of the molecule is NC(=O)c1cccc(Cc2ccc3nc(N)nc(OCC4CC4)c3c2)c1. The van der Waals surface area contributed by atoms with Gasteiger partial charge in [-0.15, -0.1) is 0 Å². The number of nitrogen functional groups attached to an aromatic ring is 1. The standard InChI is InChI=1S/C20H20N4O2/c21-18(25)15-3-1-2-13(9-15)8-14-6-7-17-16(10-14)19(24-20(22)23-17)26-11-12-4-5-12/h1-3,6-7,9-10,12H,4-5,8,11H2,(H2,21,25)(H2,22,23,24). The second kappa shape index (κ2) is 6.63. The summed E-state index contributed by atoms with van der Waals surface area (Å²) in [5.41, 5.74) is 14.5. The Kier molecular flexibility index (Phi) is 4.16. The summed E-state index contributed by atoms with van der Waals surface area (Å²) < 4.78 is 5.89. The molecule has 0 bridgehead atoms. The molecular weight excluding hydrogens is 328 g/mol. The third-order valence-corrected chi connectivity index (χ3v) is 4.51. The van der Waals surface area contributed by atoms with Gasteiger partial charge in [0.25, 0.3) is 0 Å². The normalized spacial score (nSPS) is 13.7. The van der Waals surface area contributed by atoms with Gasteiger partial charge in [-0.25, -0.2) is 4.98 Å². The Labute approximate surface area is 151 Å². The fourth-order valence-corrected chi connectivity index (χ4v) is 2.94. The van der Waals surface area contributed by atoms with Crippen LogP contribution in [0.5, 0.6) is 5.88 Å². The van der Waals surface area contributed by atoms with Crippen LogP contribution in [0.2, 0.25) is 0 Å². The largest absolute Gasteiger partial charge is 0.477 e. The number of primary amides is 1. The molecule has 0 spiro atoms. The van der Waals surface area contributed by atoms with Crippen LogP contribution in [-0.4, -0.2) is 22.5 Å². The van der Waals surface area contributed by atoms with Crippen molar-refractivity contribution < 1.29 is 9.53 Å². The summed E-state index contributed by atoms with van der Waals surface area (Å²) in [5.74, 6) is 0.948. The first-order chi connectivity index (χ1) is 12.6. The molecule has 0 radical (unpaired) electrons. The number of amides is 1. The van der Waals surface area contributed by atoms with E-state index in [9.17, 15) is 4.79 Å². The summed E-state index contributed by atoms with van der Waals surface area (Å²) in [6.45, 7) is 0.663. The number of hydrogen-bond donors (Lipinski definition) is 2. The maximum absolute atomic E-state index is 11.4. The minimum Gasteiger partial charge on any atom is -0.477 e. The van der Waals surface area contributed by atoms with E-state index < -0.39 is 5.91 Å². The highest BCUT2D eigenvalue weighted by Gasteiger charge is 2.22. The monoisotopic (exact) mass is 348 g/mol. The molecule has 0 atom stereocenters. The van der Waals surface area contributed by atoms with Crippen LogP contribution in [0.1, 0.15) is 34.3 Å². The van der Waals surface area contributed by atoms with Gasteiger partial charge < -0.3 is 16.2 Å². The number of carbonyl (C=O) groups is 1. The third kappa shape index (κ3) is 3.59. The van der Waals surface area contributed by atoms with E-state index in [1.807, 2.05) is 36.4 Å². The van der Waals surface area contributed by atoms with Crippen LogP contribution in [0.4, 0.5) is 5.95 Å². The fraction of sp³-hybridized carbons (Fsp3) is 0.250. The number of rotatable bonds is 6. The van der Waals surface area contributed by atoms with Gasteiger partial charge >= 0.3 is 0 Å². The minimum atomic E-state index is -0.426. The van der Waals surface area contributed by atoms with E-state index in [4.69, 9.17) is 16.2 Å². The Bertz CT molecular complexity index is 983. The van der Waals surface area contributed by atoms with Gasteiger partial charge in [0, 0.05) is 5.56 Å². The van der Waals surface area contributed by atoms with Gasteiger partial charge in [-0.2, -0.15) is 4.98 Å². The molecule has 4 N–H and O–H groups in total. The molecule has 1 aliphatic rings. The summed E-state index contributed by atoms with van der Waals surface area (Å²) >= 11 is 0. The van der Waals surface area contributed by atoms with E-state index in [2.05, 4.69) is 9.97 Å². The number of anilines is 1. The summed E-state index contributed by atoms with van der Waals surface area (Å²) in [5, 5.41) is 0.850. The van der Waals surface area contributed by atoms with Gasteiger partial charge in [0.05, 0.1) is 17.5 Å². The molecule has 1 aromatic heterocycles. The molecule has 1 amide bonds. The first-order valence-corrected chi connectivity index (χ1v) is 8.66. The van der Waals surface area contributed by atoms with Crippen LogP contribution in [0.3, 0.4) is 0 Å². The van der Waals surface area contributed by atoms with E-state index in [1.54, 1.807) is 6.07 Å². The highest BCUT2D eigenvalue weighted by atomic mass is 16.5. The molecule has 0 unspecified atom stereocenters. The summed E-state index contributed by atoms with van der Waals surface area (Å²) in [6.07, 6.45) is 3.09. The Balaban J connectivity index is 1.65. The summed E-state index contributed by atoms with van der Waals surface area (Å²) in [6, 6.07) is 13.3. The highest BCUT2D eigenvalue weighted by Crippen LogP contribution is 2.31. The van der Waals surface area contributed by atoms with Crippen LogP contribution < -0.4 is 16.2 Å². The molecule has 3 aromatic rings. The Hall–Kier alpha value is -3.15. The van der Waals surface area contributed by atoms with Gasteiger partial charge in [-0.3, -0.25) is 4.79 Å². The van der Waals surface area contributed by atoms with Gasteiger partial charge in [0.2, 0.25) is 17.7 Å². The quantitative estimate of drug-likeness (QED) is 0.713. The molecule has 1 saturated carbocycles. The molecule has 0 aliphatic heterocycles. The zero-order valence-electron chi connectivity index (χ0n) is 14.3. The lowest BCUT2D eigenvalue weighted by atomic mass is 10.0. The van der Waals surface area contributed by atoms with Crippen molar-refractivity contribution in [3.8, 4) is 5.88 Å². The third-order valence-electron chi connectivity index (χ3n) is 4.51. The molecule has 26 heavy (non-hydrogen) atoms. The minimum absolute atomic E-state index is 0.213. The van der Waals surface area contributed by atoms with E-state index >= 15 is 0 Å². The molecule has 1 heterocycles. The topological polar surface area (TPSA) is 104 Å². The fourth-order valence-electron chi connectivity index (χ4n) is 2.94. The molecule has 2 aromatic carbocycles. The Morgan fingerprint density at radius 2 is 1.92 bits per heavy atom. The zero-order valence-corrected chi connectivity index (χ0v) is 14.3. The number of aromatic nitrogens is 2. The van der Waals surface area contributed by atoms with Crippen molar-refractivity contribution in [2.75, 3.05) is 12.3 Å². The van der Waals surface area contributed by atoms with Crippen molar-refractivity contribution in [2.45, 2.75) is 19.3 Å². The van der Waals surface area contributed by atoms with E-state index in [-0.39, 0.29) is 5.95 Å². The second-order valence-electron chi connectivity index (χ2n) is 6.73. The van der Waals surface area contributed by atoms with Gasteiger partial charge in [0.15, 0.2) is 0 Å². The second-order valence-corrected chi connectivity index (χ2v) is 6.73. The first kappa shape index (κ1) is 16.3. The van der Waals surface area contributed by atoms with Crippen LogP contribution in [0.25, 0.3) is 10.9 Å². The van der Waals surface area contributed by atoms with Gasteiger partial charge in [0.1, 0.15) is 0 Å². The predicted octanol–water partition coefficient (Wildman–Crippen LogP) is 2.69. The van der Waals surface area contributed by atoms with Crippen molar-refractivity contribution in [1.82, 2.24) is 9.97 Å². The van der Waals surface area contributed by atoms with Crippen LogP contribution in [-0.2, 0) is 6.42 Å². The molecule has 6 nitrogen and oxygen atoms in total. The lowest BCUT2D eigenvalue weighted by Gasteiger charge is -2.10. The lowest BCUT2D eigenvalue weighted by molar-refractivity contribution is 0.1000. The molecular formula is C20H20N4O2. The molecule has 132 valence electrons. The lowest BCUT2D eigenvalue weighted by Crippen LogP contribution is -2.11. The highest BCUT2D eigenvalue weighted by molar-refractivity contribution is 5.93. The van der Waals surface area contributed by atoms with E-state index in [0.717, 1.165) is 22.0 Å². The van der Waals surface area contributed by atoms with Crippen molar-refractivity contribution in [3.05, 3.63) is 59.2 Å². The maximum Gasteiger partial charge on any atom is 0.248 e. The average molecular weight is 348 g/mol. The van der Waals surface area contributed by atoms with Crippen molar-refractivity contribution in [2.24, 2.45) is 11.7 Å². The number of hydrogen-bond acceptors (Lipinski definition) is 5. The molecule has 1 aliphatic carbocycles. The van der Waals surface area contributed by atoms with Crippen LogP contribution in [0.15, 0.2) is 42.5 Å². The first-order valence-electron chi connectivity index (χ1n) is 8.66. The molecule has 6 heteroatoms. The number of nitrogens with zero attached hydrogens (tertiary/aromatic N) is 2. The number of benzene rings is 2. The Morgan fingerprint density at radius 3 is 2.69 bits per heavy atom. The molecule has 0 saturated heterocycles. The predicted molar refractivity (Wildman–Crippen MR) is 99.9 cm³/mol. The maximum atomic E-state index is 11.4. The van der Waals surface area contributed by atoms with Crippen LogP contribution >= 0.6 is 0 Å². The van der Waals surface area contributed by atoms with Crippen molar-refractivity contribution >= 4 is 22.8 Å². The molecule has 1 fully saturated rings. The summed E-state index contributed by atoms with van der Waals surface area (Å²) in [4.78, 5) is 19.9. The zero-order chi connectivity index (χ0) is 18.1.